The van der Waals surface area contributed by atoms with Gasteiger partial charge >= 0.3 is 0 Å². The molecular weight excluding hydrogens is 158 g/mol. The maximum atomic E-state index is 9.02. The molecule has 1 N–H and O–H groups in total. The molecule has 0 spiro atoms. The van der Waals surface area contributed by atoms with Gasteiger partial charge in [0, 0.05) is 10.8 Å². The fraction of sp³-hybridized carbons (Fsp3) is 0.625. The Labute approximate surface area is 70.9 Å². The lowest BCUT2D eigenvalue weighted by molar-refractivity contribution is 0.215. The fourth-order valence-electron chi connectivity index (χ4n) is 0.755. The smallest absolute Gasteiger partial charge is 0.0897 e. The van der Waals surface area contributed by atoms with E-state index in [1.165, 1.54) is 0 Å². The zero-order valence-corrected chi connectivity index (χ0v) is 7.90. The Kier molecular flexibility index (Phi) is 2.30. The molecule has 1 rings (SSSR count). The van der Waals surface area contributed by atoms with Crippen molar-refractivity contribution < 1.29 is 5.11 Å². The normalized spacial score (nSPS) is 12.0. The van der Waals surface area contributed by atoms with Crippen LogP contribution in [-0.4, -0.2) is 16.7 Å². The summed E-state index contributed by atoms with van der Waals surface area (Å²) in [5, 5.41) is 12.1. The van der Waals surface area contributed by atoms with E-state index in [-0.39, 0.29) is 12.0 Å². The van der Waals surface area contributed by atoms with Gasteiger partial charge in [-0.15, -0.1) is 11.3 Å². The Hall–Kier alpha value is -0.410. The first-order valence-corrected chi connectivity index (χ1v) is 4.48. The van der Waals surface area contributed by atoms with Crippen LogP contribution in [0.1, 0.15) is 24.5 Å². The third-order valence-corrected chi connectivity index (χ3v) is 2.48. The van der Waals surface area contributed by atoms with E-state index in [1.807, 2.05) is 26.2 Å². The molecule has 0 amide bonds. The minimum atomic E-state index is -0.190. The fourth-order valence-corrected chi connectivity index (χ4v) is 1.56. The van der Waals surface area contributed by atoms with E-state index in [2.05, 4.69) is 4.98 Å². The largest absolute Gasteiger partial charge is 0.395 e. The van der Waals surface area contributed by atoms with Crippen molar-refractivity contribution in [2.45, 2.75) is 26.2 Å². The van der Waals surface area contributed by atoms with Crippen LogP contribution in [0.3, 0.4) is 0 Å². The predicted molar refractivity (Wildman–Crippen MR) is 47.0 cm³/mol. The first-order chi connectivity index (χ1) is 5.06. The van der Waals surface area contributed by atoms with E-state index in [4.69, 9.17) is 5.11 Å². The number of aliphatic hydroxyl groups excluding tert-OH is 1. The molecular formula is C8H13NOS. The van der Waals surface area contributed by atoms with Gasteiger partial charge in [0.25, 0.3) is 0 Å². The number of hydrogen-bond donors (Lipinski definition) is 1. The molecule has 1 aromatic heterocycles. The summed E-state index contributed by atoms with van der Waals surface area (Å²) >= 11 is 1.62. The van der Waals surface area contributed by atoms with Crippen molar-refractivity contribution in [2.75, 3.05) is 6.61 Å². The molecule has 11 heavy (non-hydrogen) atoms. The van der Waals surface area contributed by atoms with Crippen LogP contribution in [0.5, 0.6) is 0 Å². The topological polar surface area (TPSA) is 33.1 Å². The van der Waals surface area contributed by atoms with Gasteiger partial charge in [0.1, 0.15) is 0 Å². The highest BCUT2D eigenvalue weighted by atomic mass is 32.1. The summed E-state index contributed by atoms with van der Waals surface area (Å²) in [5.74, 6) is 0. The number of aromatic nitrogens is 1. The Morgan fingerprint density at radius 2 is 2.27 bits per heavy atom. The van der Waals surface area contributed by atoms with Gasteiger partial charge in [-0.3, -0.25) is 0 Å². The zero-order chi connectivity index (χ0) is 8.48. The van der Waals surface area contributed by atoms with Gasteiger partial charge in [-0.25, -0.2) is 4.98 Å². The minimum Gasteiger partial charge on any atom is -0.395 e. The predicted octanol–water partition coefficient (Wildman–Crippen LogP) is 1.72. The molecule has 0 bridgehead atoms. The number of aliphatic hydroxyl groups is 1. The lowest BCUT2D eigenvalue weighted by Gasteiger charge is -2.18. The van der Waals surface area contributed by atoms with Crippen molar-refractivity contribution in [1.82, 2.24) is 4.98 Å². The van der Waals surface area contributed by atoms with Gasteiger partial charge < -0.3 is 5.11 Å². The molecule has 0 aliphatic rings. The number of nitrogens with zero attached hydrogens (tertiary/aromatic N) is 1. The second-order valence-electron chi connectivity index (χ2n) is 3.29. The summed E-state index contributed by atoms with van der Waals surface area (Å²) in [6.45, 7) is 6.10. The van der Waals surface area contributed by atoms with E-state index in [0.717, 1.165) is 10.7 Å². The average molecular weight is 171 g/mol. The Bertz CT molecular complexity index is 242. The summed E-state index contributed by atoms with van der Waals surface area (Å²) in [6, 6.07) is 0. The van der Waals surface area contributed by atoms with Crippen molar-refractivity contribution in [3.05, 3.63) is 16.1 Å². The molecule has 0 unspecified atom stereocenters. The molecule has 0 fully saturated rings. The number of rotatable bonds is 2. The van der Waals surface area contributed by atoms with Gasteiger partial charge in [0.05, 0.1) is 17.3 Å². The van der Waals surface area contributed by atoms with E-state index >= 15 is 0 Å². The van der Waals surface area contributed by atoms with Crippen LogP contribution in [0.25, 0.3) is 0 Å². The van der Waals surface area contributed by atoms with Crippen molar-refractivity contribution in [3.63, 3.8) is 0 Å². The third kappa shape index (κ3) is 1.79. The van der Waals surface area contributed by atoms with Gasteiger partial charge in [0.15, 0.2) is 0 Å². The quantitative estimate of drug-likeness (QED) is 0.735. The van der Waals surface area contributed by atoms with E-state index in [9.17, 15) is 0 Å². The zero-order valence-electron chi connectivity index (χ0n) is 7.09. The highest BCUT2D eigenvalue weighted by Gasteiger charge is 2.21. The lowest BCUT2D eigenvalue weighted by atomic mass is 9.91. The maximum absolute atomic E-state index is 9.02. The molecule has 0 aliphatic carbocycles. The average Bonchev–Trinajstić information content (AvgIpc) is 2.36. The van der Waals surface area contributed by atoms with Crippen LogP contribution in [-0.2, 0) is 5.41 Å². The molecule has 0 aromatic carbocycles. The molecule has 3 heteroatoms. The Morgan fingerprint density at radius 3 is 2.64 bits per heavy atom. The third-order valence-electron chi connectivity index (χ3n) is 1.71. The first kappa shape index (κ1) is 8.68. The monoisotopic (exact) mass is 171 g/mol. The molecule has 1 heterocycles. The summed E-state index contributed by atoms with van der Waals surface area (Å²) in [5.41, 5.74) is 0.799. The molecule has 1 aromatic rings. The molecule has 2 nitrogen and oxygen atoms in total. The summed E-state index contributed by atoms with van der Waals surface area (Å²) < 4.78 is 0. The van der Waals surface area contributed by atoms with Crippen molar-refractivity contribution >= 4 is 11.3 Å². The molecule has 0 saturated heterocycles. The molecule has 0 atom stereocenters. The van der Waals surface area contributed by atoms with Crippen LogP contribution < -0.4 is 0 Å². The first-order valence-electron chi connectivity index (χ1n) is 3.60. The van der Waals surface area contributed by atoms with Crippen LogP contribution >= 0.6 is 11.3 Å². The van der Waals surface area contributed by atoms with E-state index < -0.39 is 0 Å². The standard InChI is InChI=1S/C8H13NOS/c1-6-9-7(4-11-6)8(2,3)5-10/h4,10H,5H2,1-3H3. The molecule has 62 valence electrons. The Morgan fingerprint density at radius 1 is 1.64 bits per heavy atom. The van der Waals surface area contributed by atoms with Gasteiger partial charge in [-0.2, -0.15) is 0 Å². The SMILES string of the molecule is Cc1nc(C(C)(C)CO)cs1. The van der Waals surface area contributed by atoms with Crippen molar-refractivity contribution in [1.29, 1.82) is 0 Å². The summed E-state index contributed by atoms with van der Waals surface area (Å²) in [7, 11) is 0. The Balaban J connectivity index is 2.92. The summed E-state index contributed by atoms with van der Waals surface area (Å²) in [4.78, 5) is 4.31. The highest BCUT2D eigenvalue weighted by molar-refractivity contribution is 7.09. The second-order valence-corrected chi connectivity index (χ2v) is 4.36. The second kappa shape index (κ2) is 2.91. The van der Waals surface area contributed by atoms with Crippen molar-refractivity contribution in [3.8, 4) is 0 Å². The van der Waals surface area contributed by atoms with Crippen molar-refractivity contribution in [2.24, 2.45) is 0 Å². The van der Waals surface area contributed by atoms with Crippen LogP contribution in [0.4, 0.5) is 0 Å². The van der Waals surface area contributed by atoms with E-state index in [0.29, 0.717) is 0 Å². The molecule has 0 saturated carbocycles. The maximum Gasteiger partial charge on any atom is 0.0897 e. The number of thiazole rings is 1. The molecule has 0 aliphatic heterocycles. The van der Waals surface area contributed by atoms with Gasteiger partial charge in [0.2, 0.25) is 0 Å². The number of aryl methyl sites for hydroxylation is 1. The summed E-state index contributed by atoms with van der Waals surface area (Å²) in [6.07, 6.45) is 0. The van der Waals surface area contributed by atoms with E-state index in [1.54, 1.807) is 11.3 Å². The van der Waals surface area contributed by atoms with Crippen LogP contribution in [0, 0.1) is 6.92 Å². The highest BCUT2D eigenvalue weighted by Crippen LogP contribution is 2.23. The van der Waals surface area contributed by atoms with Gasteiger partial charge in [-0.1, -0.05) is 13.8 Å². The van der Waals surface area contributed by atoms with Crippen LogP contribution in [0.15, 0.2) is 5.38 Å². The van der Waals surface area contributed by atoms with Crippen LogP contribution in [0.2, 0.25) is 0 Å². The molecule has 0 radical (unpaired) electrons. The number of hydrogen-bond acceptors (Lipinski definition) is 3. The van der Waals surface area contributed by atoms with Gasteiger partial charge in [-0.05, 0) is 6.92 Å². The minimum absolute atomic E-state index is 0.149. The lowest BCUT2D eigenvalue weighted by Crippen LogP contribution is -2.22.